The lowest BCUT2D eigenvalue weighted by molar-refractivity contribution is 0.103. The van der Waals surface area contributed by atoms with Crippen molar-refractivity contribution in [2.24, 2.45) is 0 Å². The third-order valence-electron chi connectivity index (χ3n) is 4.61. The minimum Gasteiger partial charge on any atom is -0.353 e. The molecular weight excluding hydrogens is 410 g/mol. The van der Waals surface area contributed by atoms with Gasteiger partial charge in [-0.05, 0) is 35.7 Å². The molecule has 0 spiro atoms. The Morgan fingerprint density at radius 3 is 2.41 bits per heavy atom. The molecule has 10 heteroatoms. The molecular formula is C19H19N5O3S2. The Kier molecular flexibility index (Phi) is 5.56. The molecule has 1 aliphatic rings. The van der Waals surface area contributed by atoms with Gasteiger partial charge in [-0.15, -0.1) is 11.3 Å². The van der Waals surface area contributed by atoms with Crippen molar-refractivity contribution in [3.8, 4) is 0 Å². The molecule has 3 aromatic rings. The molecule has 1 aromatic carbocycles. The van der Waals surface area contributed by atoms with Crippen molar-refractivity contribution in [3.05, 3.63) is 65.2 Å². The molecule has 29 heavy (non-hydrogen) atoms. The standard InChI is InChI=1S/C19H19N5O3S2/c25-19(17-2-1-13-28-17)22-15-3-5-16(6-4-15)29(26,27)24-11-9-23(10-12-24)18-14-20-7-8-21-18/h1-8,13-14H,9-12H2,(H,22,25). The summed E-state index contributed by atoms with van der Waals surface area (Å²) in [4.78, 5) is 23.3. The van der Waals surface area contributed by atoms with Crippen LogP contribution in [0.25, 0.3) is 0 Å². The fourth-order valence-corrected chi connectivity index (χ4v) is 5.11. The Labute approximate surface area is 172 Å². The van der Waals surface area contributed by atoms with Gasteiger partial charge in [-0.1, -0.05) is 6.07 Å². The number of piperazine rings is 1. The van der Waals surface area contributed by atoms with Crippen molar-refractivity contribution in [3.63, 3.8) is 0 Å². The van der Waals surface area contributed by atoms with Crippen LogP contribution in [0.2, 0.25) is 0 Å². The topological polar surface area (TPSA) is 95.5 Å². The summed E-state index contributed by atoms with van der Waals surface area (Å²) in [7, 11) is -3.60. The van der Waals surface area contributed by atoms with E-state index in [1.54, 1.807) is 42.9 Å². The van der Waals surface area contributed by atoms with Crippen LogP contribution < -0.4 is 10.2 Å². The lowest BCUT2D eigenvalue weighted by Crippen LogP contribution is -2.48. The van der Waals surface area contributed by atoms with Gasteiger partial charge < -0.3 is 10.2 Å². The monoisotopic (exact) mass is 429 g/mol. The molecule has 0 aliphatic carbocycles. The first-order valence-electron chi connectivity index (χ1n) is 9.00. The van der Waals surface area contributed by atoms with E-state index in [1.807, 2.05) is 10.3 Å². The Balaban J connectivity index is 1.41. The number of aromatic nitrogens is 2. The van der Waals surface area contributed by atoms with Crippen LogP contribution in [0.15, 0.2) is 65.3 Å². The van der Waals surface area contributed by atoms with E-state index < -0.39 is 10.0 Å². The quantitative estimate of drug-likeness (QED) is 0.669. The lowest BCUT2D eigenvalue weighted by Gasteiger charge is -2.34. The molecule has 8 nitrogen and oxygen atoms in total. The summed E-state index contributed by atoms with van der Waals surface area (Å²) in [5.74, 6) is 0.533. The highest BCUT2D eigenvalue weighted by atomic mass is 32.2. The number of nitrogens with zero attached hydrogens (tertiary/aromatic N) is 4. The number of hydrogen-bond donors (Lipinski definition) is 1. The van der Waals surface area contributed by atoms with Crippen molar-refractivity contribution in [2.45, 2.75) is 4.90 Å². The average molecular weight is 430 g/mol. The predicted molar refractivity (Wildman–Crippen MR) is 112 cm³/mol. The summed E-state index contributed by atoms with van der Waals surface area (Å²) in [6.07, 6.45) is 4.90. The summed E-state index contributed by atoms with van der Waals surface area (Å²) in [6.45, 7) is 1.84. The number of amides is 1. The Morgan fingerprint density at radius 1 is 1.03 bits per heavy atom. The van der Waals surface area contributed by atoms with Gasteiger partial charge in [0, 0.05) is 44.3 Å². The van der Waals surface area contributed by atoms with Crippen LogP contribution in [-0.4, -0.2) is 54.8 Å². The van der Waals surface area contributed by atoms with Crippen molar-refractivity contribution >= 4 is 38.8 Å². The highest BCUT2D eigenvalue weighted by molar-refractivity contribution is 7.89. The maximum absolute atomic E-state index is 12.9. The van der Waals surface area contributed by atoms with Gasteiger partial charge in [0.25, 0.3) is 5.91 Å². The van der Waals surface area contributed by atoms with E-state index in [1.165, 1.54) is 27.8 Å². The van der Waals surface area contributed by atoms with Crippen LogP contribution in [0.4, 0.5) is 11.5 Å². The number of carbonyl (C=O) groups is 1. The molecule has 0 radical (unpaired) electrons. The minimum absolute atomic E-state index is 0.208. The number of sulfonamides is 1. The zero-order valence-electron chi connectivity index (χ0n) is 15.4. The molecule has 1 fully saturated rings. The number of benzene rings is 1. The van der Waals surface area contributed by atoms with Gasteiger partial charge in [-0.25, -0.2) is 13.4 Å². The van der Waals surface area contributed by atoms with Gasteiger partial charge >= 0.3 is 0 Å². The first-order valence-corrected chi connectivity index (χ1v) is 11.3. The van der Waals surface area contributed by atoms with E-state index in [4.69, 9.17) is 0 Å². The third kappa shape index (κ3) is 4.29. The van der Waals surface area contributed by atoms with E-state index in [9.17, 15) is 13.2 Å². The van der Waals surface area contributed by atoms with Crippen LogP contribution in [-0.2, 0) is 10.0 Å². The molecule has 1 amide bonds. The Bertz CT molecular complexity index is 1060. The van der Waals surface area contributed by atoms with E-state index in [2.05, 4.69) is 15.3 Å². The normalized spacial score (nSPS) is 15.2. The van der Waals surface area contributed by atoms with Gasteiger partial charge in [0.05, 0.1) is 16.0 Å². The maximum atomic E-state index is 12.9. The number of thiophene rings is 1. The molecule has 0 saturated carbocycles. The number of hydrogen-bond acceptors (Lipinski definition) is 7. The number of rotatable bonds is 5. The molecule has 150 valence electrons. The van der Waals surface area contributed by atoms with E-state index in [-0.39, 0.29) is 10.8 Å². The molecule has 0 bridgehead atoms. The predicted octanol–water partition coefficient (Wildman–Crippen LogP) is 2.30. The molecule has 4 rings (SSSR count). The Morgan fingerprint density at radius 2 is 1.79 bits per heavy atom. The zero-order chi connectivity index (χ0) is 20.3. The van der Waals surface area contributed by atoms with E-state index in [0.29, 0.717) is 36.7 Å². The minimum atomic E-state index is -3.60. The largest absolute Gasteiger partial charge is 0.353 e. The van der Waals surface area contributed by atoms with Crippen LogP contribution in [0.5, 0.6) is 0 Å². The molecule has 3 heterocycles. The van der Waals surface area contributed by atoms with Gasteiger partial charge in [0.15, 0.2) is 0 Å². The molecule has 2 aromatic heterocycles. The first-order chi connectivity index (χ1) is 14.0. The number of nitrogens with one attached hydrogen (secondary N) is 1. The van der Waals surface area contributed by atoms with Crippen molar-refractivity contribution in [1.82, 2.24) is 14.3 Å². The van der Waals surface area contributed by atoms with Crippen LogP contribution in [0.1, 0.15) is 9.67 Å². The van der Waals surface area contributed by atoms with E-state index in [0.717, 1.165) is 5.82 Å². The van der Waals surface area contributed by atoms with Crippen LogP contribution >= 0.6 is 11.3 Å². The summed E-state index contributed by atoms with van der Waals surface area (Å²) in [5, 5.41) is 4.60. The second kappa shape index (κ2) is 8.27. The SMILES string of the molecule is O=C(Nc1ccc(S(=O)(=O)N2CCN(c3cnccn3)CC2)cc1)c1cccs1. The summed E-state index contributed by atoms with van der Waals surface area (Å²) >= 11 is 1.35. The molecule has 1 saturated heterocycles. The van der Waals surface area contributed by atoms with E-state index >= 15 is 0 Å². The lowest BCUT2D eigenvalue weighted by atomic mass is 10.3. The van der Waals surface area contributed by atoms with Gasteiger partial charge in [0.1, 0.15) is 5.82 Å². The van der Waals surface area contributed by atoms with Crippen molar-refractivity contribution in [1.29, 1.82) is 0 Å². The zero-order valence-corrected chi connectivity index (χ0v) is 17.1. The number of anilines is 2. The average Bonchev–Trinajstić information content (AvgIpc) is 3.30. The summed E-state index contributed by atoms with van der Waals surface area (Å²) < 4.78 is 27.4. The fraction of sp³-hybridized carbons (Fsp3) is 0.211. The smallest absolute Gasteiger partial charge is 0.265 e. The Hall–Kier alpha value is -2.82. The highest BCUT2D eigenvalue weighted by Crippen LogP contribution is 2.22. The molecule has 1 N–H and O–H groups in total. The molecule has 1 aliphatic heterocycles. The van der Waals surface area contributed by atoms with Gasteiger partial charge in [-0.3, -0.25) is 9.78 Å². The van der Waals surface area contributed by atoms with Gasteiger partial charge in [0.2, 0.25) is 10.0 Å². The van der Waals surface area contributed by atoms with Gasteiger partial charge in [-0.2, -0.15) is 4.31 Å². The number of carbonyl (C=O) groups excluding carboxylic acids is 1. The fourth-order valence-electron chi connectivity index (χ4n) is 3.07. The van der Waals surface area contributed by atoms with Crippen molar-refractivity contribution < 1.29 is 13.2 Å². The maximum Gasteiger partial charge on any atom is 0.265 e. The second-order valence-corrected chi connectivity index (χ2v) is 9.30. The highest BCUT2D eigenvalue weighted by Gasteiger charge is 2.29. The summed E-state index contributed by atoms with van der Waals surface area (Å²) in [6, 6.07) is 9.80. The van der Waals surface area contributed by atoms with Crippen LogP contribution in [0.3, 0.4) is 0 Å². The first kappa shape index (κ1) is 19.5. The third-order valence-corrected chi connectivity index (χ3v) is 7.39. The molecule has 0 unspecified atom stereocenters. The van der Waals surface area contributed by atoms with Crippen LogP contribution in [0, 0.1) is 0 Å². The summed E-state index contributed by atoms with van der Waals surface area (Å²) in [5.41, 5.74) is 0.551. The van der Waals surface area contributed by atoms with Crippen molar-refractivity contribution in [2.75, 3.05) is 36.4 Å². The second-order valence-electron chi connectivity index (χ2n) is 6.41. The molecule has 0 atom stereocenters.